The SMILES string of the molecule is CC(=O)O[C@H]1C(=O)[C@]2(C)[C@@H](OC(C)=O)C[C@H]3OC[C@@]3(OC(C)=O)[C@H]2[C@H](OC(=O)c2ccccc2)[C@]2(O)C[C@H](OC(=O)c3ccc(C(CBr)OC(F)(F)F)cc3)C(C)=C1C2(C)C. The molecule has 3 aliphatic carbocycles. The lowest BCUT2D eigenvalue weighted by molar-refractivity contribution is -0.346. The molecule has 4 aliphatic rings. The van der Waals surface area contributed by atoms with E-state index in [1.165, 1.54) is 50.2 Å². The number of alkyl halides is 4. The zero-order valence-electron chi connectivity index (χ0n) is 34.3. The second kappa shape index (κ2) is 16.6. The Kier molecular flexibility index (Phi) is 12.5. The standard InChI is InChI=1S/C43H46BrF3O14/c1-21-28(58-37(52)27-15-13-25(14-16-27)29(19-44)61-43(45,46)47)18-42(54)36(59-38(53)26-11-9-8-10-12-26)34-40(7,35(51)33(57-23(3)49)32(21)39(42,5)6)30(56-22(2)48)17-31-41(34,20-55-31)60-24(4)50/h8-16,28-31,33-34,36,54H,17-20H2,1-7H3/t28-,29?,30-,31+,33+,34-,36-,40+,41-,42+/m0/s1. The number of carbonyl (C=O) groups is 6. The van der Waals surface area contributed by atoms with Crippen molar-refractivity contribution in [1.82, 2.24) is 0 Å². The van der Waals surface area contributed by atoms with Crippen LogP contribution in [0, 0.1) is 16.7 Å². The third-order valence-electron chi connectivity index (χ3n) is 12.6. The van der Waals surface area contributed by atoms with E-state index in [0.29, 0.717) is 0 Å². The minimum absolute atomic E-state index is 0.00501. The number of aliphatic hydroxyl groups is 1. The fourth-order valence-corrected chi connectivity index (χ4v) is 10.3. The van der Waals surface area contributed by atoms with Gasteiger partial charge in [-0.1, -0.05) is 60.1 Å². The van der Waals surface area contributed by atoms with Gasteiger partial charge in [0.15, 0.2) is 17.5 Å². The molecular weight excluding hydrogens is 877 g/mol. The lowest BCUT2D eigenvalue weighted by atomic mass is 9.44. The number of hydrogen-bond acceptors (Lipinski definition) is 14. The van der Waals surface area contributed by atoms with Gasteiger partial charge in [-0.25, -0.2) is 9.59 Å². The molecule has 330 valence electrons. The Morgan fingerprint density at radius 3 is 1.98 bits per heavy atom. The Hall–Kier alpha value is -4.65. The molecule has 0 radical (unpaired) electrons. The van der Waals surface area contributed by atoms with Crippen molar-refractivity contribution in [3.05, 3.63) is 82.4 Å². The van der Waals surface area contributed by atoms with Crippen LogP contribution in [0.2, 0.25) is 0 Å². The first-order valence-corrected chi connectivity index (χ1v) is 20.5. The zero-order valence-corrected chi connectivity index (χ0v) is 35.9. The number of benzene rings is 2. The van der Waals surface area contributed by atoms with Crippen molar-refractivity contribution in [3.63, 3.8) is 0 Å². The molecule has 61 heavy (non-hydrogen) atoms. The Bertz CT molecular complexity index is 2120. The summed E-state index contributed by atoms with van der Waals surface area (Å²) in [5.74, 6) is -6.90. The molecule has 1 heterocycles. The van der Waals surface area contributed by atoms with E-state index in [1.54, 1.807) is 32.0 Å². The summed E-state index contributed by atoms with van der Waals surface area (Å²) in [6, 6.07) is 12.7. The molecule has 0 amide bonds. The van der Waals surface area contributed by atoms with E-state index in [9.17, 15) is 42.3 Å². The fourth-order valence-electron chi connectivity index (χ4n) is 9.75. The number of hydrogen-bond donors (Lipinski definition) is 1. The van der Waals surface area contributed by atoms with Crippen molar-refractivity contribution < 1.29 is 80.2 Å². The summed E-state index contributed by atoms with van der Waals surface area (Å²) < 4.78 is 79.5. The molecule has 14 nitrogen and oxygen atoms in total. The molecular formula is C43H46BrF3O14. The highest BCUT2D eigenvalue weighted by atomic mass is 79.9. The van der Waals surface area contributed by atoms with Gasteiger partial charge in [-0.3, -0.25) is 23.9 Å². The van der Waals surface area contributed by atoms with Crippen LogP contribution in [0.15, 0.2) is 65.7 Å². The summed E-state index contributed by atoms with van der Waals surface area (Å²) in [4.78, 5) is 82.7. The molecule has 18 heteroatoms. The lowest BCUT2D eigenvalue weighted by Gasteiger charge is -2.67. The summed E-state index contributed by atoms with van der Waals surface area (Å²) in [5, 5.41) is 13.4. The van der Waals surface area contributed by atoms with Crippen molar-refractivity contribution in [2.75, 3.05) is 11.9 Å². The van der Waals surface area contributed by atoms with Crippen LogP contribution in [-0.4, -0.2) is 101 Å². The minimum Gasteiger partial charge on any atom is -0.461 e. The van der Waals surface area contributed by atoms with Gasteiger partial charge in [-0.05, 0) is 54.8 Å². The van der Waals surface area contributed by atoms with Gasteiger partial charge in [0, 0.05) is 44.4 Å². The van der Waals surface area contributed by atoms with Crippen molar-refractivity contribution >= 4 is 51.6 Å². The van der Waals surface area contributed by atoms with Crippen molar-refractivity contribution in [3.8, 4) is 0 Å². The van der Waals surface area contributed by atoms with E-state index >= 15 is 4.79 Å². The van der Waals surface area contributed by atoms with E-state index < -0.39 is 113 Å². The van der Waals surface area contributed by atoms with E-state index in [2.05, 4.69) is 20.7 Å². The van der Waals surface area contributed by atoms with E-state index in [0.717, 1.165) is 20.8 Å². The van der Waals surface area contributed by atoms with Gasteiger partial charge < -0.3 is 33.5 Å². The average Bonchev–Trinajstić information content (AvgIpc) is 3.17. The predicted molar refractivity (Wildman–Crippen MR) is 208 cm³/mol. The fraction of sp³-hybridized carbons (Fsp3) is 0.535. The molecule has 0 spiro atoms. The first-order chi connectivity index (χ1) is 28.4. The number of ketones is 1. The van der Waals surface area contributed by atoms with Crippen LogP contribution in [0.5, 0.6) is 0 Å². The van der Waals surface area contributed by atoms with E-state index in [1.807, 2.05) is 0 Å². The summed E-state index contributed by atoms with van der Waals surface area (Å²) in [6.45, 7) is 9.00. The maximum absolute atomic E-state index is 15.7. The largest absolute Gasteiger partial charge is 0.523 e. The second-order valence-electron chi connectivity index (χ2n) is 16.6. The second-order valence-corrected chi connectivity index (χ2v) is 17.2. The van der Waals surface area contributed by atoms with E-state index in [4.69, 9.17) is 28.4 Å². The predicted octanol–water partition coefficient (Wildman–Crippen LogP) is 6.06. The quantitative estimate of drug-likeness (QED) is 0.125. The number of carbonyl (C=O) groups excluding carboxylic acids is 6. The van der Waals surface area contributed by atoms with Crippen LogP contribution < -0.4 is 0 Å². The summed E-state index contributed by atoms with van der Waals surface area (Å²) >= 11 is 3.01. The number of halogens is 4. The van der Waals surface area contributed by atoms with Crippen LogP contribution in [0.1, 0.15) is 93.7 Å². The molecule has 1 unspecified atom stereocenters. The first-order valence-electron chi connectivity index (χ1n) is 19.4. The molecule has 6 rings (SSSR count). The van der Waals surface area contributed by atoms with Crippen LogP contribution in [0.25, 0.3) is 0 Å². The average molecular weight is 924 g/mol. The van der Waals surface area contributed by atoms with Crippen LogP contribution in [0.3, 0.4) is 0 Å². The van der Waals surface area contributed by atoms with Gasteiger partial charge in [0.25, 0.3) is 0 Å². The number of fused-ring (bicyclic) bond motifs is 5. The van der Waals surface area contributed by atoms with Gasteiger partial charge in [0.1, 0.15) is 36.1 Å². The molecule has 3 fully saturated rings. The molecule has 2 aromatic rings. The smallest absolute Gasteiger partial charge is 0.461 e. The summed E-state index contributed by atoms with van der Waals surface area (Å²) in [5.41, 5.74) is -7.71. The topological polar surface area (TPSA) is 187 Å². The normalized spacial score (nSPS) is 32.0. The molecule has 1 N–H and O–H groups in total. The van der Waals surface area contributed by atoms with Crippen molar-refractivity contribution in [2.45, 2.75) is 115 Å². The minimum atomic E-state index is -4.94. The van der Waals surface area contributed by atoms with Crippen LogP contribution in [-0.2, 0) is 52.3 Å². The number of Topliss-reactive ketones (excluding diaryl/α,β-unsaturated/α-hetero) is 1. The maximum atomic E-state index is 15.7. The van der Waals surface area contributed by atoms with Gasteiger partial charge in [0.2, 0.25) is 0 Å². The third kappa shape index (κ3) is 8.11. The Morgan fingerprint density at radius 1 is 0.869 bits per heavy atom. The monoisotopic (exact) mass is 922 g/mol. The Balaban J connectivity index is 1.57. The molecule has 2 bridgehead atoms. The lowest BCUT2D eigenvalue weighted by Crippen LogP contribution is -2.82. The number of rotatable bonds is 10. The van der Waals surface area contributed by atoms with Crippen LogP contribution in [0.4, 0.5) is 13.2 Å². The number of ether oxygens (including phenoxy) is 7. The van der Waals surface area contributed by atoms with Gasteiger partial charge in [-0.15, -0.1) is 13.2 Å². The van der Waals surface area contributed by atoms with Crippen molar-refractivity contribution in [1.29, 1.82) is 0 Å². The Labute approximate surface area is 357 Å². The highest BCUT2D eigenvalue weighted by Crippen LogP contribution is 2.65. The molecule has 1 aliphatic heterocycles. The van der Waals surface area contributed by atoms with Crippen molar-refractivity contribution in [2.24, 2.45) is 16.7 Å². The first kappa shape index (κ1) is 45.9. The third-order valence-corrected chi connectivity index (χ3v) is 13.2. The highest BCUT2D eigenvalue weighted by molar-refractivity contribution is 9.09. The molecule has 2 saturated carbocycles. The summed E-state index contributed by atoms with van der Waals surface area (Å²) in [7, 11) is 0. The molecule has 1 saturated heterocycles. The molecule has 10 atom stereocenters. The Morgan fingerprint density at radius 2 is 1.46 bits per heavy atom. The summed E-state index contributed by atoms with van der Waals surface area (Å²) in [6.07, 6.45) is -14.6. The molecule has 2 aromatic carbocycles. The zero-order chi connectivity index (χ0) is 45.0. The maximum Gasteiger partial charge on any atom is 0.523 e. The number of esters is 5. The van der Waals surface area contributed by atoms with Crippen LogP contribution >= 0.6 is 15.9 Å². The highest BCUT2D eigenvalue weighted by Gasteiger charge is 2.79. The van der Waals surface area contributed by atoms with Gasteiger partial charge in [0.05, 0.1) is 29.1 Å². The van der Waals surface area contributed by atoms with E-state index in [-0.39, 0.29) is 46.2 Å². The van der Waals surface area contributed by atoms with Gasteiger partial charge in [-0.2, -0.15) is 0 Å². The van der Waals surface area contributed by atoms with Gasteiger partial charge >= 0.3 is 36.2 Å². The molecule has 0 aromatic heterocycles.